The molecule has 0 bridgehead atoms. The van der Waals surface area contributed by atoms with Crippen LogP contribution >= 0.6 is 0 Å². The van der Waals surface area contributed by atoms with E-state index in [4.69, 9.17) is 171 Å². The van der Waals surface area contributed by atoms with Crippen molar-refractivity contribution in [3.05, 3.63) is 0 Å². The number of hydrogen-bond donors (Lipinski definition) is 9. The van der Waals surface area contributed by atoms with Crippen molar-refractivity contribution in [1.29, 1.82) is 0 Å². The van der Waals surface area contributed by atoms with E-state index in [0.29, 0.717) is 145 Å². The standard InChI is InChI=1S/C99H168N10O37/c1-10-34-119-58-66-127-48-24-100-88(110)16-42-140-82-98(83-141-43-17-89(111)101-25-49-128-67-59-120-35-11-2,84-142-44-18-90(112)102-26-50-129-68-60-121-36-12-3)107-94(116)22-40-125-64-76-137-79-73-134-55-31-109(33-57-136-75-81-139-78-72-133-54-30-106-96(118)146-97(7,8)9)32-56-135-74-80-138-77-65-126-41-23-95(117)108-99(85-143-45-19-91(113)103-27-51-130-69-61-122-37-13-4,86-144-46-20-92(114)104-28-52-131-70-62-123-38-14-5)87-145-47-21-93(115)105-29-53-132-71-63-124-39-15-6/h1-6H,16-87H2,7-9H3,(H,100,110)(H,101,111)(H,102,112)(H,103,113)(H,104,114)(H,105,115)(H,106,118)(H,107,116)(H,108,117). The fourth-order valence-electron chi connectivity index (χ4n) is 11.4. The predicted octanol–water partition coefficient (Wildman–Crippen LogP) is -2.41. The van der Waals surface area contributed by atoms with Crippen LogP contribution in [0.4, 0.5) is 4.79 Å². The smallest absolute Gasteiger partial charge is 0.407 e. The number of rotatable bonds is 110. The molecule has 836 valence electrons. The Labute approximate surface area is 863 Å². The first kappa shape index (κ1) is 137. The number of alkyl carbamates (subject to hydrolysis) is 1. The summed E-state index contributed by atoms with van der Waals surface area (Å²) in [7, 11) is 0. The van der Waals surface area contributed by atoms with E-state index in [1.54, 1.807) is 20.8 Å². The van der Waals surface area contributed by atoms with Crippen LogP contribution in [0.2, 0.25) is 0 Å². The highest BCUT2D eigenvalue weighted by atomic mass is 16.6. The molecule has 0 aromatic heterocycles. The minimum atomic E-state index is -1.40. The Balaban J connectivity index is 6.05. The second kappa shape index (κ2) is 105. The van der Waals surface area contributed by atoms with Crippen LogP contribution in [-0.2, 0) is 171 Å². The number of carbonyl (C=O) groups excluding carboxylic acids is 9. The first-order chi connectivity index (χ1) is 71.2. The van der Waals surface area contributed by atoms with Gasteiger partial charge in [0, 0.05) is 117 Å². The molecule has 0 aromatic rings. The second-order valence-corrected chi connectivity index (χ2v) is 32.1. The predicted molar refractivity (Wildman–Crippen MR) is 533 cm³/mol. The van der Waals surface area contributed by atoms with Crippen LogP contribution in [0.5, 0.6) is 0 Å². The molecule has 0 unspecified atom stereocenters. The lowest BCUT2D eigenvalue weighted by Crippen LogP contribution is -2.59. The lowest BCUT2D eigenvalue weighted by atomic mass is 10.0. The van der Waals surface area contributed by atoms with E-state index in [2.05, 4.69) is 88.3 Å². The highest BCUT2D eigenvalue weighted by Crippen LogP contribution is 2.15. The van der Waals surface area contributed by atoms with Gasteiger partial charge in [0.2, 0.25) is 47.3 Å². The first-order valence-corrected chi connectivity index (χ1v) is 49.3. The minimum Gasteiger partial charge on any atom is -0.444 e. The number of amides is 9. The summed E-state index contributed by atoms with van der Waals surface area (Å²) < 4.78 is 158. The van der Waals surface area contributed by atoms with Crippen molar-refractivity contribution in [2.75, 3.05) is 422 Å². The van der Waals surface area contributed by atoms with E-state index >= 15 is 0 Å². The molecule has 0 radical (unpaired) electrons. The maximum absolute atomic E-state index is 13.9. The molecule has 0 aliphatic heterocycles. The molecule has 0 saturated heterocycles. The quantitative estimate of drug-likeness (QED) is 0.0226. The van der Waals surface area contributed by atoms with Crippen LogP contribution in [0, 0.1) is 74.1 Å². The van der Waals surface area contributed by atoms with Crippen molar-refractivity contribution in [3.63, 3.8) is 0 Å². The Morgan fingerprint density at radius 1 is 0.199 bits per heavy atom. The molecule has 0 saturated carbocycles. The van der Waals surface area contributed by atoms with E-state index in [0.717, 1.165) is 0 Å². The molecule has 0 aromatic carbocycles. The van der Waals surface area contributed by atoms with Gasteiger partial charge in [-0.05, 0) is 20.8 Å². The summed E-state index contributed by atoms with van der Waals surface area (Å²) >= 11 is 0. The van der Waals surface area contributed by atoms with Gasteiger partial charge < -0.3 is 180 Å². The van der Waals surface area contributed by atoms with Gasteiger partial charge in [-0.15, -0.1) is 38.5 Å². The Morgan fingerprint density at radius 2 is 0.356 bits per heavy atom. The third kappa shape index (κ3) is 98.6. The number of nitrogens with zero attached hydrogens (tertiary/aromatic N) is 1. The van der Waals surface area contributed by atoms with Gasteiger partial charge in [-0.2, -0.15) is 0 Å². The van der Waals surface area contributed by atoms with Gasteiger partial charge in [-0.25, -0.2) is 4.79 Å². The summed E-state index contributed by atoms with van der Waals surface area (Å²) in [6.45, 7) is 17.0. The molecule has 9 amide bonds. The van der Waals surface area contributed by atoms with Gasteiger partial charge in [-0.1, -0.05) is 35.5 Å². The van der Waals surface area contributed by atoms with Crippen LogP contribution in [0.1, 0.15) is 72.1 Å². The van der Waals surface area contributed by atoms with Crippen LogP contribution < -0.4 is 47.9 Å². The molecule has 146 heavy (non-hydrogen) atoms. The number of nitrogens with one attached hydrogen (secondary N) is 9. The average Bonchev–Trinajstić information content (AvgIpc) is 0.856. The molecular weight excluding hydrogens is 1920 g/mol. The Kier molecular flexibility index (Phi) is 98.5. The summed E-state index contributed by atoms with van der Waals surface area (Å²) in [6, 6.07) is 0. The summed E-state index contributed by atoms with van der Waals surface area (Å²) in [5.74, 6) is 11.4. The number of ether oxygens (including phenoxy) is 28. The number of hydrogen-bond acceptors (Lipinski definition) is 38. The summed E-state index contributed by atoms with van der Waals surface area (Å²) in [5, 5.41) is 25.2. The molecule has 0 aliphatic rings. The van der Waals surface area contributed by atoms with Crippen molar-refractivity contribution in [1.82, 2.24) is 52.8 Å². The molecule has 47 nitrogen and oxygen atoms in total. The topological polar surface area (TPSA) is 524 Å². The van der Waals surface area contributed by atoms with Gasteiger partial charge in [0.05, 0.1) is 317 Å². The highest BCUT2D eigenvalue weighted by molar-refractivity contribution is 5.79. The van der Waals surface area contributed by atoms with E-state index in [1.165, 1.54) is 0 Å². The molecule has 0 spiro atoms. The molecule has 0 aliphatic carbocycles. The molecule has 0 fully saturated rings. The van der Waals surface area contributed by atoms with Gasteiger partial charge in [0.25, 0.3) is 0 Å². The van der Waals surface area contributed by atoms with Crippen molar-refractivity contribution < 1.29 is 176 Å². The Morgan fingerprint density at radius 3 is 0.548 bits per heavy atom. The zero-order valence-electron chi connectivity index (χ0n) is 86.4. The zero-order valence-corrected chi connectivity index (χ0v) is 86.4. The maximum atomic E-state index is 13.9. The lowest BCUT2D eigenvalue weighted by Gasteiger charge is -2.34. The molecular formula is C99H168N10O37. The van der Waals surface area contributed by atoms with Gasteiger partial charge in [0.15, 0.2) is 0 Å². The second-order valence-electron chi connectivity index (χ2n) is 32.1. The lowest BCUT2D eigenvalue weighted by molar-refractivity contribution is -0.131. The fourth-order valence-corrected chi connectivity index (χ4v) is 11.4. The van der Waals surface area contributed by atoms with Crippen LogP contribution in [0.25, 0.3) is 0 Å². The zero-order chi connectivity index (χ0) is 107. The fraction of sp³-hybridized carbons (Fsp3) is 0.788. The van der Waals surface area contributed by atoms with E-state index in [9.17, 15) is 43.2 Å². The molecule has 0 rings (SSSR count). The van der Waals surface area contributed by atoms with E-state index in [-0.39, 0.29) is 364 Å². The van der Waals surface area contributed by atoms with Crippen LogP contribution in [-0.4, -0.2) is 497 Å². The third-order valence-corrected chi connectivity index (χ3v) is 18.4. The van der Waals surface area contributed by atoms with Crippen molar-refractivity contribution in [2.45, 2.75) is 88.8 Å². The summed E-state index contributed by atoms with van der Waals surface area (Å²) in [4.78, 5) is 119. The minimum absolute atomic E-state index is 0.0138. The van der Waals surface area contributed by atoms with E-state index < -0.39 is 34.6 Å². The third-order valence-electron chi connectivity index (χ3n) is 18.4. The summed E-state index contributed by atoms with van der Waals surface area (Å²) in [6.07, 6.45) is 30.2. The first-order valence-electron chi connectivity index (χ1n) is 49.3. The molecule has 9 N–H and O–H groups in total. The van der Waals surface area contributed by atoms with Crippen molar-refractivity contribution in [2.24, 2.45) is 0 Å². The number of carbonyl (C=O) groups is 9. The van der Waals surface area contributed by atoms with Crippen LogP contribution in [0.3, 0.4) is 0 Å². The largest absolute Gasteiger partial charge is 0.444 e. The SMILES string of the molecule is C#CCOCCOCCNC(=O)CCOCC(COCCC(=O)NCCOCCOCC#C)(COCCC(=O)NCCOCCOCC#C)NC(=O)CCOCCOCCOCCN(CCOCCOCCOCCNC(=O)OC(C)(C)C)CCOCCOCCOCCC(=O)NC(COCCC(=O)NCCOCCOCC#C)(COCCC(=O)NCCOCCOCC#C)COCCC(=O)NCCOCCOCC#C. The van der Waals surface area contributed by atoms with Crippen molar-refractivity contribution >= 4 is 53.4 Å². The molecule has 47 heteroatoms. The Bertz CT molecular complexity index is 3050. The monoisotopic (exact) mass is 2090 g/mol. The maximum Gasteiger partial charge on any atom is 0.407 e. The normalized spacial score (nSPS) is 11.4. The number of terminal acetylenes is 6. The molecule has 0 atom stereocenters. The van der Waals surface area contributed by atoms with Gasteiger partial charge in [-0.3, -0.25) is 43.3 Å². The molecule has 0 heterocycles. The van der Waals surface area contributed by atoms with E-state index in [1.807, 2.05) is 0 Å². The summed E-state index contributed by atoms with van der Waals surface area (Å²) in [5.41, 5.74) is -3.41. The van der Waals surface area contributed by atoms with Crippen molar-refractivity contribution in [3.8, 4) is 74.1 Å². The average molecular weight is 2090 g/mol. The van der Waals surface area contributed by atoms with Gasteiger partial charge in [0.1, 0.15) is 56.3 Å². The van der Waals surface area contributed by atoms with Gasteiger partial charge >= 0.3 is 6.09 Å². The highest BCUT2D eigenvalue weighted by Gasteiger charge is 2.36. The Hall–Kier alpha value is -8.73. The van der Waals surface area contributed by atoms with Crippen LogP contribution in [0.15, 0.2) is 0 Å².